The summed E-state index contributed by atoms with van der Waals surface area (Å²) in [5.41, 5.74) is 3.25. The maximum Gasteiger partial charge on any atom is 0.147 e. The molecule has 0 bridgehead atoms. The first kappa shape index (κ1) is 22.0. The van der Waals surface area contributed by atoms with Crippen LogP contribution in [-0.4, -0.2) is 16.2 Å². The quantitative estimate of drug-likeness (QED) is 0.186. The molecule has 4 nitrogen and oxygen atoms in total. The van der Waals surface area contributed by atoms with Crippen molar-refractivity contribution in [3.05, 3.63) is 102 Å². The van der Waals surface area contributed by atoms with E-state index in [-0.39, 0.29) is 0 Å². The van der Waals surface area contributed by atoms with Crippen LogP contribution in [-0.2, 0) is 19.6 Å². The minimum Gasteiger partial charge on any atom is -0.493 e. The van der Waals surface area contributed by atoms with Gasteiger partial charge in [0.05, 0.1) is 22.7 Å². The molecule has 5 heteroatoms. The molecule has 0 N–H and O–H groups in total. The molecule has 0 saturated carbocycles. The molecule has 0 spiro atoms. The molecule has 0 unspecified atom stereocenters. The third-order valence-electron chi connectivity index (χ3n) is 5.30. The van der Waals surface area contributed by atoms with Gasteiger partial charge in [0, 0.05) is 6.54 Å². The van der Waals surface area contributed by atoms with Crippen LogP contribution < -0.4 is 9.47 Å². The van der Waals surface area contributed by atoms with E-state index in [0.717, 1.165) is 48.4 Å². The summed E-state index contributed by atoms with van der Waals surface area (Å²) >= 11 is 6.24. The minimum absolute atomic E-state index is 0.365. The van der Waals surface area contributed by atoms with Crippen LogP contribution in [0.1, 0.15) is 24.2 Å². The number of nitrogens with zero attached hydrogens (tertiary/aromatic N) is 2. The number of rotatable bonds is 11. The van der Waals surface area contributed by atoms with Crippen LogP contribution in [0.4, 0.5) is 0 Å². The lowest BCUT2D eigenvalue weighted by Crippen LogP contribution is -2.09. The largest absolute Gasteiger partial charge is 0.493 e. The van der Waals surface area contributed by atoms with E-state index in [1.807, 2.05) is 66.7 Å². The molecule has 0 aliphatic rings. The summed E-state index contributed by atoms with van der Waals surface area (Å²) < 4.78 is 14.2. The van der Waals surface area contributed by atoms with E-state index in [4.69, 9.17) is 26.1 Å². The van der Waals surface area contributed by atoms with Gasteiger partial charge in [-0.1, -0.05) is 60.1 Å². The number of fused-ring (bicyclic) bond motifs is 1. The number of aromatic nitrogens is 2. The molecule has 0 saturated heterocycles. The Morgan fingerprint density at radius 1 is 0.875 bits per heavy atom. The Labute approximate surface area is 194 Å². The van der Waals surface area contributed by atoms with Crippen molar-refractivity contribution in [2.45, 2.75) is 32.4 Å². The molecule has 0 amide bonds. The van der Waals surface area contributed by atoms with Crippen LogP contribution in [0.2, 0.25) is 5.02 Å². The molecule has 4 aromatic rings. The maximum atomic E-state index is 6.24. The van der Waals surface area contributed by atoms with E-state index >= 15 is 0 Å². The van der Waals surface area contributed by atoms with Gasteiger partial charge in [-0.3, -0.25) is 0 Å². The lowest BCUT2D eigenvalue weighted by Gasteiger charge is -2.12. The van der Waals surface area contributed by atoms with E-state index in [1.54, 1.807) is 0 Å². The summed E-state index contributed by atoms with van der Waals surface area (Å²) in [6, 6.07) is 23.8. The first-order valence-electron chi connectivity index (χ1n) is 10.9. The number of benzene rings is 3. The highest BCUT2D eigenvalue weighted by atomic mass is 35.5. The van der Waals surface area contributed by atoms with E-state index < -0.39 is 0 Å². The van der Waals surface area contributed by atoms with Gasteiger partial charge in [0.2, 0.25) is 0 Å². The number of hydrogen-bond acceptors (Lipinski definition) is 3. The van der Waals surface area contributed by atoms with Crippen LogP contribution >= 0.6 is 11.6 Å². The third-order valence-corrected chi connectivity index (χ3v) is 5.61. The molecule has 32 heavy (non-hydrogen) atoms. The molecule has 0 aliphatic carbocycles. The second-order valence-corrected chi connectivity index (χ2v) is 7.95. The van der Waals surface area contributed by atoms with Gasteiger partial charge in [-0.25, -0.2) is 4.98 Å². The van der Waals surface area contributed by atoms with Crippen molar-refractivity contribution in [3.8, 4) is 11.5 Å². The zero-order valence-electron chi connectivity index (χ0n) is 18.0. The molecular formula is C27H27ClN2O2. The number of hydrogen-bond donors (Lipinski definition) is 0. The summed E-state index contributed by atoms with van der Waals surface area (Å²) in [5.74, 6) is 2.50. The predicted molar refractivity (Wildman–Crippen MR) is 131 cm³/mol. The van der Waals surface area contributed by atoms with Crippen LogP contribution in [0, 0.1) is 0 Å². The van der Waals surface area contributed by atoms with Crippen LogP contribution in [0.3, 0.4) is 0 Å². The van der Waals surface area contributed by atoms with Gasteiger partial charge in [0.1, 0.15) is 23.9 Å². The number of imidazole rings is 1. The van der Waals surface area contributed by atoms with Crippen molar-refractivity contribution in [3.63, 3.8) is 0 Å². The minimum atomic E-state index is 0.365. The normalized spacial score (nSPS) is 10.9. The topological polar surface area (TPSA) is 36.3 Å². The highest BCUT2D eigenvalue weighted by Gasteiger charge is 2.12. The second kappa shape index (κ2) is 10.9. The molecule has 0 atom stereocenters. The highest BCUT2D eigenvalue weighted by molar-refractivity contribution is 6.32. The van der Waals surface area contributed by atoms with Gasteiger partial charge in [0.15, 0.2) is 0 Å². The monoisotopic (exact) mass is 446 g/mol. The smallest absolute Gasteiger partial charge is 0.147 e. The number of halogens is 1. The van der Waals surface area contributed by atoms with Gasteiger partial charge >= 0.3 is 0 Å². The average molecular weight is 447 g/mol. The van der Waals surface area contributed by atoms with E-state index in [0.29, 0.717) is 24.0 Å². The Balaban J connectivity index is 1.38. The zero-order valence-corrected chi connectivity index (χ0v) is 18.8. The van der Waals surface area contributed by atoms with Crippen molar-refractivity contribution in [1.29, 1.82) is 0 Å². The highest BCUT2D eigenvalue weighted by Crippen LogP contribution is 2.25. The van der Waals surface area contributed by atoms with Gasteiger partial charge < -0.3 is 14.0 Å². The van der Waals surface area contributed by atoms with Crippen molar-refractivity contribution in [2.75, 3.05) is 6.61 Å². The molecule has 0 fully saturated rings. The third kappa shape index (κ3) is 5.32. The lowest BCUT2D eigenvalue weighted by atomic mass is 10.1. The fourth-order valence-electron chi connectivity index (χ4n) is 3.71. The van der Waals surface area contributed by atoms with Crippen LogP contribution in [0.25, 0.3) is 11.0 Å². The fourth-order valence-corrected chi connectivity index (χ4v) is 3.90. The van der Waals surface area contributed by atoms with E-state index in [1.165, 1.54) is 5.56 Å². The SMILES string of the molecule is C=CCc1ccccc1OCCCCn1c(COc2ccccc2Cl)nc2ccccc21. The molecule has 4 rings (SSSR count). The maximum absolute atomic E-state index is 6.24. The first-order chi connectivity index (χ1) is 15.8. The Hall–Kier alpha value is -3.24. The van der Waals surface area contributed by atoms with E-state index in [9.17, 15) is 0 Å². The van der Waals surface area contributed by atoms with Crippen molar-refractivity contribution >= 4 is 22.6 Å². The lowest BCUT2D eigenvalue weighted by molar-refractivity contribution is 0.284. The first-order valence-corrected chi connectivity index (χ1v) is 11.3. The Kier molecular flexibility index (Phi) is 7.47. The second-order valence-electron chi connectivity index (χ2n) is 7.54. The number of aryl methyl sites for hydroxylation is 1. The standard InChI is InChI=1S/C27H27ClN2O2/c1-2-11-21-12-3-7-16-25(21)31-19-10-9-18-30-24-15-6-5-14-23(24)29-27(30)20-32-26-17-8-4-13-22(26)28/h2-8,12-17H,1,9-11,18-20H2. The molecule has 3 aromatic carbocycles. The molecule has 1 aromatic heterocycles. The van der Waals surface area contributed by atoms with Crippen molar-refractivity contribution < 1.29 is 9.47 Å². The molecule has 0 radical (unpaired) electrons. The summed E-state index contributed by atoms with van der Waals surface area (Å²) in [4.78, 5) is 4.79. The molecule has 0 aliphatic heterocycles. The Bertz CT molecular complexity index is 1190. The fraction of sp³-hybridized carbons (Fsp3) is 0.222. The number of para-hydroxylation sites is 4. The van der Waals surface area contributed by atoms with Crippen molar-refractivity contribution in [2.24, 2.45) is 0 Å². The Morgan fingerprint density at radius 2 is 1.62 bits per heavy atom. The summed E-state index contributed by atoms with van der Waals surface area (Å²) in [5, 5.41) is 0.601. The summed E-state index contributed by atoms with van der Waals surface area (Å²) in [7, 11) is 0. The molecular weight excluding hydrogens is 420 g/mol. The zero-order chi connectivity index (χ0) is 22.2. The van der Waals surface area contributed by atoms with E-state index in [2.05, 4.69) is 23.3 Å². The summed E-state index contributed by atoms with van der Waals surface area (Å²) in [6.45, 7) is 5.71. The molecule has 164 valence electrons. The van der Waals surface area contributed by atoms with Gasteiger partial charge in [-0.05, 0) is 55.2 Å². The molecule has 1 heterocycles. The number of ether oxygens (including phenoxy) is 2. The van der Waals surface area contributed by atoms with Crippen LogP contribution in [0.15, 0.2) is 85.5 Å². The van der Waals surface area contributed by atoms with Gasteiger partial charge in [-0.15, -0.1) is 6.58 Å². The van der Waals surface area contributed by atoms with Gasteiger partial charge in [-0.2, -0.15) is 0 Å². The predicted octanol–water partition coefficient (Wildman–Crippen LogP) is 6.86. The Morgan fingerprint density at radius 3 is 2.47 bits per heavy atom. The average Bonchev–Trinajstić information content (AvgIpc) is 3.17. The number of unbranched alkanes of at least 4 members (excludes halogenated alkanes) is 1. The number of allylic oxidation sites excluding steroid dienone is 1. The van der Waals surface area contributed by atoms with Crippen molar-refractivity contribution in [1.82, 2.24) is 9.55 Å². The summed E-state index contributed by atoms with van der Waals surface area (Å²) in [6.07, 6.45) is 4.63. The van der Waals surface area contributed by atoms with Crippen LogP contribution in [0.5, 0.6) is 11.5 Å². The van der Waals surface area contributed by atoms with Gasteiger partial charge in [0.25, 0.3) is 0 Å².